The van der Waals surface area contributed by atoms with Gasteiger partial charge in [0.05, 0.1) is 30.5 Å². The lowest BCUT2D eigenvalue weighted by Crippen LogP contribution is -2.32. The third-order valence-corrected chi connectivity index (χ3v) is 5.22. The first-order valence-electron chi connectivity index (χ1n) is 9.95. The Morgan fingerprint density at radius 1 is 0.829 bits per heavy atom. The molecular weight excluding hydrogens is 497 g/mol. The summed E-state index contributed by atoms with van der Waals surface area (Å²) in [6.45, 7) is 0. The molecule has 0 aliphatic carbocycles. The van der Waals surface area contributed by atoms with Gasteiger partial charge in [-0.15, -0.1) is 0 Å². The summed E-state index contributed by atoms with van der Waals surface area (Å²) in [5.74, 6) is -1.77. The number of rotatable bonds is 7. The van der Waals surface area contributed by atoms with Crippen molar-refractivity contribution in [3.8, 4) is 17.2 Å². The molecule has 0 heterocycles. The summed E-state index contributed by atoms with van der Waals surface area (Å²) >= 11 is 11.7. The highest BCUT2D eigenvalue weighted by Crippen LogP contribution is 2.29. The molecule has 0 fully saturated rings. The molecule has 0 radical (unpaired) electrons. The van der Waals surface area contributed by atoms with Gasteiger partial charge in [-0.2, -0.15) is 5.10 Å². The standard InChI is InChI=1S/C24H19Cl2N3O6/c1-33-19-6-4-3-5-16(19)24(32)35-20-10-7-14(11-21(20)34-2)13-27-29-23(31)22(30)28-15-8-9-17(25)18(26)12-15/h3-13H,1-2H3,(H,28,30)(H,29,31)/b27-13+. The van der Waals surface area contributed by atoms with Crippen molar-refractivity contribution in [1.29, 1.82) is 0 Å². The summed E-state index contributed by atoms with van der Waals surface area (Å²) in [6.07, 6.45) is 1.29. The third-order valence-electron chi connectivity index (χ3n) is 4.48. The molecule has 180 valence electrons. The molecular formula is C24H19Cl2N3O6. The third kappa shape index (κ3) is 6.72. The number of anilines is 1. The predicted molar refractivity (Wildman–Crippen MR) is 132 cm³/mol. The molecule has 0 aliphatic rings. The van der Waals surface area contributed by atoms with Crippen LogP contribution in [0.4, 0.5) is 5.69 Å². The van der Waals surface area contributed by atoms with Crippen molar-refractivity contribution in [2.45, 2.75) is 0 Å². The van der Waals surface area contributed by atoms with Gasteiger partial charge < -0.3 is 19.5 Å². The van der Waals surface area contributed by atoms with E-state index in [2.05, 4.69) is 15.8 Å². The summed E-state index contributed by atoms with van der Waals surface area (Å²) in [6, 6.07) is 15.7. The minimum absolute atomic E-state index is 0.172. The number of halogens is 2. The molecule has 3 rings (SSSR count). The number of methoxy groups -OCH3 is 2. The Bertz CT molecular complexity index is 1300. The normalized spacial score (nSPS) is 10.5. The van der Waals surface area contributed by atoms with E-state index in [9.17, 15) is 14.4 Å². The molecule has 2 amide bonds. The van der Waals surface area contributed by atoms with E-state index < -0.39 is 17.8 Å². The van der Waals surface area contributed by atoms with Gasteiger partial charge in [0, 0.05) is 5.69 Å². The lowest BCUT2D eigenvalue weighted by atomic mass is 10.2. The molecule has 0 atom stereocenters. The highest BCUT2D eigenvalue weighted by molar-refractivity contribution is 6.43. The van der Waals surface area contributed by atoms with E-state index in [4.69, 9.17) is 37.4 Å². The average Bonchev–Trinajstić information content (AvgIpc) is 2.86. The summed E-state index contributed by atoms with van der Waals surface area (Å²) in [7, 11) is 2.86. The number of esters is 1. The van der Waals surface area contributed by atoms with Crippen LogP contribution in [0.25, 0.3) is 0 Å². The van der Waals surface area contributed by atoms with E-state index in [-0.39, 0.29) is 22.1 Å². The fraction of sp³-hybridized carbons (Fsp3) is 0.0833. The quantitative estimate of drug-likeness (QED) is 0.159. The second kappa shape index (κ2) is 11.9. The van der Waals surface area contributed by atoms with Crippen LogP contribution in [0.3, 0.4) is 0 Å². The Hall–Kier alpha value is -4.08. The first kappa shape index (κ1) is 25.5. The van der Waals surface area contributed by atoms with Crippen LogP contribution in [0.1, 0.15) is 15.9 Å². The van der Waals surface area contributed by atoms with Gasteiger partial charge in [0.25, 0.3) is 0 Å². The van der Waals surface area contributed by atoms with Gasteiger partial charge in [-0.3, -0.25) is 9.59 Å². The zero-order chi connectivity index (χ0) is 25.4. The number of nitrogens with one attached hydrogen (secondary N) is 2. The van der Waals surface area contributed by atoms with Crippen LogP contribution in [0.2, 0.25) is 10.0 Å². The van der Waals surface area contributed by atoms with Crippen LogP contribution in [0, 0.1) is 0 Å². The van der Waals surface area contributed by atoms with Crippen molar-refractivity contribution in [2.24, 2.45) is 5.10 Å². The number of para-hydroxylation sites is 1. The minimum Gasteiger partial charge on any atom is -0.496 e. The van der Waals surface area contributed by atoms with Gasteiger partial charge in [0.2, 0.25) is 0 Å². The lowest BCUT2D eigenvalue weighted by molar-refractivity contribution is -0.136. The zero-order valence-electron chi connectivity index (χ0n) is 18.5. The zero-order valence-corrected chi connectivity index (χ0v) is 20.0. The number of carbonyl (C=O) groups excluding carboxylic acids is 3. The molecule has 11 heteroatoms. The summed E-state index contributed by atoms with van der Waals surface area (Å²) in [5.41, 5.74) is 3.17. The molecule has 3 aromatic rings. The highest BCUT2D eigenvalue weighted by Gasteiger charge is 2.17. The van der Waals surface area contributed by atoms with E-state index in [1.165, 1.54) is 50.8 Å². The first-order valence-corrected chi connectivity index (χ1v) is 10.7. The van der Waals surface area contributed by atoms with Crippen LogP contribution in [-0.4, -0.2) is 38.2 Å². The van der Waals surface area contributed by atoms with Gasteiger partial charge in [0.15, 0.2) is 11.5 Å². The van der Waals surface area contributed by atoms with Crippen LogP contribution in [0.15, 0.2) is 65.8 Å². The van der Waals surface area contributed by atoms with Gasteiger partial charge in [0.1, 0.15) is 11.3 Å². The predicted octanol–water partition coefficient (Wildman–Crippen LogP) is 4.32. The Labute approximate surface area is 210 Å². The van der Waals surface area contributed by atoms with Crippen molar-refractivity contribution in [3.63, 3.8) is 0 Å². The molecule has 9 nitrogen and oxygen atoms in total. The first-order chi connectivity index (χ1) is 16.8. The molecule has 0 spiro atoms. The second-order valence-corrected chi connectivity index (χ2v) is 7.60. The molecule has 3 aromatic carbocycles. The van der Waals surface area contributed by atoms with Crippen molar-refractivity contribution >= 4 is 52.9 Å². The largest absolute Gasteiger partial charge is 0.496 e. The van der Waals surface area contributed by atoms with Gasteiger partial charge >= 0.3 is 17.8 Å². The Kier molecular flexibility index (Phi) is 8.66. The maximum absolute atomic E-state index is 12.5. The highest BCUT2D eigenvalue weighted by atomic mass is 35.5. The topological polar surface area (TPSA) is 115 Å². The van der Waals surface area contributed by atoms with Gasteiger partial charge in [-0.05, 0) is 54.1 Å². The average molecular weight is 516 g/mol. The molecule has 0 aliphatic heterocycles. The number of hydrogen-bond acceptors (Lipinski definition) is 7. The fourth-order valence-electron chi connectivity index (χ4n) is 2.79. The Morgan fingerprint density at radius 2 is 1.57 bits per heavy atom. The Balaban J connectivity index is 1.62. The monoisotopic (exact) mass is 515 g/mol. The number of ether oxygens (including phenoxy) is 3. The number of nitrogens with zero attached hydrogens (tertiary/aromatic N) is 1. The van der Waals surface area contributed by atoms with Gasteiger partial charge in [-0.1, -0.05) is 35.3 Å². The van der Waals surface area contributed by atoms with E-state index in [0.29, 0.717) is 22.0 Å². The van der Waals surface area contributed by atoms with Crippen molar-refractivity contribution in [2.75, 3.05) is 19.5 Å². The van der Waals surface area contributed by atoms with E-state index in [1.54, 1.807) is 30.3 Å². The fourth-order valence-corrected chi connectivity index (χ4v) is 3.09. The summed E-state index contributed by atoms with van der Waals surface area (Å²) in [4.78, 5) is 36.5. The van der Waals surface area contributed by atoms with Crippen molar-refractivity contribution < 1.29 is 28.6 Å². The van der Waals surface area contributed by atoms with E-state index in [0.717, 1.165) is 0 Å². The molecule has 0 bridgehead atoms. The molecule has 35 heavy (non-hydrogen) atoms. The van der Waals surface area contributed by atoms with Crippen LogP contribution >= 0.6 is 23.2 Å². The number of hydrazone groups is 1. The number of benzene rings is 3. The SMILES string of the molecule is COc1cc(/C=N/NC(=O)C(=O)Nc2ccc(Cl)c(Cl)c2)ccc1OC(=O)c1ccccc1OC. The molecule has 0 unspecified atom stereocenters. The van der Waals surface area contributed by atoms with Crippen LogP contribution in [-0.2, 0) is 9.59 Å². The molecule has 0 aromatic heterocycles. The number of carbonyl (C=O) groups is 3. The number of amides is 2. The van der Waals surface area contributed by atoms with Crippen LogP contribution < -0.4 is 25.0 Å². The molecule has 0 saturated carbocycles. The maximum Gasteiger partial charge on any atom is 0.347 e. The summed E-state index contributed by atoms with van der Waals surface area (Å²) in [5, 5.41) is 6.68. The van der Waals surface area contributed by atoms with Crippen molar-refractivity contribution in [3.05, 3.63) is 81.8 Å². The van der Waals surface area contributed by atoms with E-state index in [1.807, 2.05) is 0 Å². The smallest absolute Gasteiger partial charge is 0.347 e. The Morgan fingerprint density at radius 3 is 2.29 bits per heavy atom. The summed E-state index contributed by atoms with van der Waals surface area (Å²) < 4.78 is 15.9. The minimum atomic E-state index is -0.998. The molecule has 2 N–H and O–H groups in total. The lowest BCUT2D eigenvalue weighted by Gasteiger charge is -2.11. The number of hydrogen-bond donors (Lipinski definition) is 2. The second-order valence-electron chi connectivity index (χ2n) is 6.78. The molecule has 0 saturated heterocycles. The van der Waals surface area contributed by atoms with Crippen molar-refractivity contribution in [1.82, 2.24) is 5.43 Å². The maximum atomic E-state index is 12.5. The van der Waals surface area contributed by atoms with E-state index >= 15 is 0 Å². The van der Waals surface area contributed by atoms with Gasteiger partial charge in [-0.25, -0.2) is 10.2 Å². The van der Waals surface area contributed by atoms with Crippen LogP contribution in [0.5, 0.6) is 17.2 Å².